The van der Waals surface area contributed by atoms with Gasteiger partial charge in [-0.15, -0.1) is 11.6 Å². The molecule has 92 valence electrons. The smallest absolute Gasteiger partial charge is 0.169 e. The molecule has 0 fully saturated rings. The third-order valence-corrected chi connectivity index (χ3v) is 3.42. The molecule has 0 bridgehead atoms. The number of halogens is 1. The van der Waals surface area contributed by atoms with Gasteiger partial charge in [-0.05, 0) is 18.2 Å². The Bertz CT molecular complexity index is 440. The molecule has 1 aromatic carbocycles. The molecular weight excluding hydrogens is 240 g/mol. The molecule has 2 rings (SSSR count). The third-order valence-electron chi connectivity index (χ3n) is 2.75. The lowest BCUT2D eigenvalue weighted by molar-refractivity contribution is 0.0861. The van der Waals surface area contributed by atoms with E-state index >= 15 is 0 Å². The highest BCUT2D eigenvalue weighted by Gasteiger charge is 2.28. The molecule has 0 saturated heterocycles. The summed E-state index contributed by atoms with van der Waals surface area (Å²) in [7, 11) is 0. The number of Topliss-reactive ketones (excluding diaryl/α,β-unsaturated/α-hetero) is 1. The number of benzene rings is 1. The van der Waals surface area contributed by atoms with Crippen LogP contribution in [0.15, 0.2) is 18.2 Å². The molecule has 17 heavy (non-hydrogen) atoms. The van der Waals surface area contributed by atoms with Crippen molar-refractivity contribution in [3.8, 4) is 11.5 Å². The largest absolute Gasteiger partial charge is 0.486 e. The van der Waals surface area contributed by atoms with Gasteiger partial charge in [-0.1, -0.05) is 13.8 Å². The van der Waals surface area contributed by atoms with Crippen molar-refractivity contribution in [3.05, 3.63) is 23.8 Å². The highest BCUT2D eigenvalue weighted by molar-refractivity contribution is 6.21. The molecule has 0 radical (unpaired) electrons. The lowest BCUT2D eigenvalue weighted by atomic mass is 9.86. The summed E-state index contributed by atoms with van der Waals surface area (Å²) in [6, 6.07) is 5.25. The summed E-state index contributed by atoms with van der Waals surface area (Å²) in [4.78, 5) is 12.2. The van der Waals surface area contributed by atoms with Gasteiger partial charge < -0.3 is 9.47 Å². The Hall–Kier alpha value is -1.22. The molecule has 1 aromatic rings. The van der Waals surface area contributed by atoms with Crippen LogP contribution >= 0.6 is 11.6 Å². The lowest BCUT2D eigenvalue weighted by Crippen LogP contribution is -2.26. The van der Waals surface area contributed by atoms with Gasteiger partial charge in [0.1, 0.15) is 13.2 Å². The predicted molar refractivity (Wildman–Crippen MR) is 66.3 cm³/mol. The lowest BCUT2D eigenvalue weighted by Gasteiger charge is -2.22. The van der Waals surface area contributed by atoms with Crippen LogP contribution in [-0.2, 0) is 0 Å². The van der Waals surface area contributed by atoms with E-state index in [0.29, 0.717) is 36.2 Å². The summed E-state index contributed by atoms with van der Waals surface area (Å²) in [5, 5.41) is 0. The van der Waals surface area contributed by atoms with Gasteiger partial charge in [0.2, 0.25) is 0 Å². The Balaban J connectivity index is 2.31. The highest BCUT2D eigenvalue weighted by Crippen LogP contribution is 2.33. The summed E-state index contributed by atoms with van der Waals surface area (Å²) in [5.74, 6) is 1.63. The van der Waals surface area contributed by atoms with Crippen molar-refractivity contribution in [1.29, 1.82) is 0 Å². The number of ketones is 1. The van der Waals surface area contributed by atoms with E-state index in [1.165, 1.54) is 0 Å². The standard InChI is InChI=1S/C13H15ClO3/c1-13(2,8-14)12(15)9-3-4-10-11(7-9)17-6-5-16-10/h3-4,7H,5-6,8H2,1-2H3. The number of ether oxygens (including phenoxy) is 2. The fourth-order valence-corrected chi connectivity index (χ4v) is 1.76. The molecule has 1 aliphatic rings. The van der Waals surface area contributed by atoms with Crippen molar-refractivity contribution in [2.75, 3.05) is 19.1 Å². The van der Waals surface area contributed by atoms with Crippen LogP contribution in [0.5, 0.6) is 11.5 Å². The van der Waals surface area contributed by atoms with E-state index in [4.69, 9.17) is 21.1 Å². The van der Waals surface area contributed by atoms with E-state index < -0.39 is 5.41 Å². The number of carbonyl (C=O) groups is 1. The quantitative estimate of drug-likeness (QED) is 0.615. The second-order valence-electron chi connectivity index (χ2n) is 4.71. The molecule has 0 N–H and O–H groups in total. The van der Waals surface area contributed by atoms with Crippen LogP contribution < -0.4 is 9.47 Å². The topological polar surface area (TPSA) is 35.5 Å². The maximum Gasteiger partial charge on any atom is 0.169 e. The number of hydrogen-bond acceptors (Lipinski definition) is 3. The van der Waals surface area contributed by atoms with E-state index in [-0.39, 0.29) is 5.78 Å². The van der Waals surface area contributed by atoms with Gasteiger partial charge in [0, 0.05) is 16.9 Å². The van der Waals surface area contributed by atoms with E-state index in [1.54, 1.807) is 18.2 Å². The van der Waals surface area contributed by atoms with Crippen LogP contribution in [0.4, 0.5) is 0 Å². The molecule has 0 saturated carbocycles. The minimum atomic E-state index is -0.564. The third kappa shape index (κ3) is 2.39. The predicted octanol–water partition coefficient (Wildman–Crippen LogP) is 2.91. The van der Waals surface area contributed by atoms with Crippen LogP contribution in [0.3, 0.4) is 0 Å². The molecule has 4 heteroatoms. The SMILES string of the molecule is CC(C)(CCl)C(=O)c1ccc2c(c1)OCCO2. The fourth-order valence-electron chi connectivity index (χ4n) is 1.64. The van der Waals surface area contributed by atoms with Crippen molar-refractivity contribution >= 4 is 17.4 Å². The second kappa shape index (κ2) is 4.57. The van der Waals surface area contributed by atoms with Crippen molar-refractivity contribution in [2.45, 2.75) is 13.8 Å². The number of alkyl halides is 1. The zero-order valence-corrected chi connectivity index (χ0v) is 10.7. The number of hydrogen-bond donors (Lipinski definition) is 0. The Morgan fingerprint density at radius 2 is 1.94 bits per heavy atom. The molecule has 0 unspecified atom stereocenters. The first-order valence-corrected chi connectivity index (χ1v) is 6.08. The van der Waals surface area contributed by atoms with E-state index in [9.17, 15) is 4.79 Å². The number of carbonyl (C=O) groups excluding carboxylic acids is 1. The van der Waals surface area contributed by atoms with E-state index in [0.717, 1.165) is 0 Å². The number of fused-ring (bicyclic) bond motifs is 1. The van der Waals surface area contributed by atoms with E-state index in [1.807, 2.05) is 13.8 Å². The van der Waals surface area contributed by atoms with Gasteiger partial charge in [-0.25, -0.2) is 0 Å². The van der Waals surface area contributed by atoms with Crippen LogP contribution in [0.1, 0.15) is 24.2 Å². The molecule has 3 nitrogen and oxygen atoms in total. The van der Waals surface area contributed by atoms with E-state index in [2.05, 4.69) is 0 Å². The summed E-state index contributed by atoms with van der Waals surface area (Å²) < 4.78 is 10.9. The minimum Gasteiger partial charge on any atom is -0.486 e. The van der Waals surface area contributed by atoms with Gasteiger partial charge in [0.25, 0.3) is 0 Å². The summed E-state index contributed by atoms with van der Waals surface area (Å²) in [6.07, 6.45) is 0. The molecule has 1 aliphatic heterocycles. The van der Waals surface area contributed by atoms with Crippen molar-refractivity contribution in [2.24, 2.45) is 5.41 Å². The van der Waals surface area contributed by atoms with Crippen LogP contribution in [0.25, 0.3) is 0 Å². The Morgan fingerprint density at radius 3 is 2.59 bits per heavy atom. The molecule has 0 spiro atoms. The molecule has 0 aliphatic carbocycles. The van der Waals surface area contributed by atoms with Crippen LogP contribution in [0, 0.1) is 5.41 Å². The molecule has 0 amide bonds. The first-order chi connectivity index (χ1) is 8.04. The maximum absolute atomic E-state index is 12.2. The average molecular weight is 255 g/mol. The molecule has 0 atom stereocenters. The number of rotatable bonds is 3. The minimum absolute atomic E-state index is 0.0180. The highest BCUT2D eigenvalue weighted by atomic mass is 35.5. The fraction of sp³-hybridized carbons (Fsp3) is 0.462. The first-order valence-electron chi connectivity index (χ1n) is 5.55. The van der Waals surface area contributed by atoms with Crippen molar-refractivity contribution in [3.63, 3.8) is 0 Å². The van der Waals surface area contributed by atoms with Gasteiger partial charge >= 0.3 is 0 Å². The summed E-state index contributed by atoms with van der Waals surface area (Å²) in [6.45, 7) is 4.73. The summed E-state index contributed by atoms with van der Waals surface area (Å²) >= 11 is 5.80. The monoisotopic (exact) mass is 254 g/mol. The molecular formula is C13H15ClO3. The zero-order chi connectivity index (χ0) is 12.5. The van der Waals surface area contributed by atoms with Crippen LogP contribution in [0.2, 0.25) is 0 Å². The van der Waals surface area contributed by atoms with Crippen molar-refractivity contribution < 1.29 is 14.3 Å². The van der Waals surface area contributed by atoms with Gasteiger partial charge in [-0.2, -0.15) is 0 Å². The molecule has 1 heterocycles. The summed E-state index contributed by atoms with van der Waals surface area (Å²) in [5.41, 5.74) is 0.0468. The Kier molecular flexibility index (Phi) is 3.29. The zero-order valence-electron chi connectivity index (χ0n) is 9.96. The first kappa shape index (κ1) is 12.2. The Labute approximate surface area is 106 Å². The van der Waals surface area contributed by atoms with Gasteiger partial charge in [0.05, 0.1) is 0 Å². The maximum atomic E-state index is 12.2. The van der Waals surface area contributed by atoms with Crippen molar-refractivity contribution in [1.82, 2.24) is 0 Å². The molecule has 0 aromatic heterocycles. The second-order valence-corrected chi connectivity index (χ2v) is 4.97. The van der Waals surface area contributed by atoms with Crippen LogP contribution in [-0.4, -0.2) is 24.9 Å². The van der Waals surface area contributed by atoms with Gasteiger partial charge in [-0.3, -0.25) is 4.79 Å². The average Bonchev–Trinajstić information content (AvgIpc) is 2.37. The normalized spacial score (nSPS) is 14.5. The Morgan fingerprint density at radius 1 is 1.29 bits per heavy atom. The van der Waals surface area contributed by atoms with Gasteiger partial charge in [0.15, 0.2) is 17.3 Å².